The zero-order chi connectivity index (χ0) is 14.4. The van der Waals surface area contributed by atoms with E-state index >= 15 is 0 Å². The number of rotatable bonds is 7. The molecule has 0 amide bonds. The summed E-state index contributed by atoms with van der Waals surface area (Å²) in [5, 5.41) is 3.51. The van der Waals surface area contributed by atoms with Crippen LogP contribution >= 0.6 is 0 Å². The Morgan fingerprint density at radius 1 is 1.35 bits per heavy atom. The molecule has 1 unspecified atom stereocenters. The molecule has 0 fully saturated rings. The van der Waals surface area contributed by atoms with Crippen molar-refractivity contribution in [3.05, 3.63) is 53.9 Å². The first-order chi connectivity index (χ1) is 9.74. The van der Waals surface area contributed by atoms with Crippen LogP contribution in [0.3, 0.4) is 0 Å². The van der Waals surface area contributed by atoms with Gasteiger partial charge in [-0.1, -0.05) is 19.1 Å². The van der Waals surface area contributed by atoms with Gasteiger partial charge in [-0.15, -0.1) is 0 Å². The lowest BCUT2D eigenvalue weighted by atomic mass is 10.0. The Balaban J connectivity index is 2.19. The topological polar surface area (TPSA) is 29.9 Å². The van der Waals surface area contributed by atoms with Crippen LogP contribution in [0.15, 0.2) is 36.7 Å². The third kappa shape index (κ3) is 3.67. The minimum absolute atomic E-state index is 0.117. The molecule has 0 radical (unpaired) electrons. The molecule has 20 heavy (non-hydrogen) atoms. The number of halogens is 1. The minimum atomic E-state index is -0.185. The second-order valence-electron chi connectivity index (χ2n) is 4.91. The molecule has 2 aromatic rings. The quantitative estimate of drug-likeness (QED) is 0.840. The lowest BCUT2D eigenvalue weighted by Crippen LogP contribution is -2.27. The summed E-state index contributed by atoms with van der Waals surface area (Å²) in [7, 11) is 0. The van der Waals surface area contributed by atoms with Gasteiger partial charge in [0.25, 0.3) is 0 Å². The average Bonchev–Trinajstić information content (AvgIpc) is 2.92. The van der Waals surface area contributed by atoms with E-state index in [1.807, 2.05) is 18.5 Å². The Labute approximate surface area is 119 Å². The molecular weight excluding hydrogens is 253 g/mol. The summed E-state index contributed by atoms with van der Waals surface area (Å²) in [6.07, 6.45) is 5.62. The van der Waals surface area contributed by atoms with Gasteiger partial charge in [0.2, 0.25) is 0 Å². The van der Waals surface area contributed by atoms with Crippen LogP contribution in [0.1, 0.15) is 37.7 Å². The lowest BCUT2D eigenvalue weighted by molar-refractivity contribution is 0.481. The van der Waals surface area contributed by atoms with Crippen LogP contribution in [0.4, 0.5) is 4.39 Å². The number of nitrogens with zero attached hydrogens (tertiary/aromatic N) is 2. The van der Waals surface area contributed by atoms with Crippen molar-refractivity contribution < 1.29 is 4.39 Å². The molecule has 1 atom stereocenters. The molecule has 4 heteroatoms. The molecule has 108 valence electrons. The molecule has 3 nitrogen and oxygen atoms in total. The Hall–Kier alpha value is -1.68. The zero-order valence-corrected chi connectivity index (χ0v) is 12.1. The molecule has 2 rings (SSSR count). The predicted molar refractivity (Wildman–Crippen MR) is 79.0 cm³/mol. The Morgan fingerprint density at radius 3 is 2.90 bits per heavy atom. The average molecular weight is 275 g/mol. The van der Waals surface area contributed by atoms with Gasteiger partial charge in [0, 0.05) is 18.9 Å². The molecular formula is C16H22FN3. The van der Waals surface area contributed by atoms with Crippen LogP contribution in [0, 0.1) is 5.82 Å². The van der Waals surface area contributed by atoms with Gasteiger partial charge in [-0.3, -0.25) is 0 Å². The van der Waals surface area contributed by atoms with Gasteiger partial charge in [-0.2, -0.15) is 0 Å². The fourth-order valence-electron chi connectivity index (χ4n) is 2.37. The molecule has 0 aliphatic carbocycles. The predicted octanol–water partition coefficient (Wildman–Crippen LogP) is 3.33. The van der Waals surface area contributed by atoms with Crippen LogP contribution < -0.4 is 5.32 Å². The second kappa shape index (κ2) is 7.20. The Kier molecular flexibility index (Phi) is 5.30. The van der Waals surface area contributed by atoms with Gasteiger partial charge in [-0.05, 0) is 44.0 Å². The Bertz CT molecular complexity index is 536. The third-order valence-electron chi connectivity index (χ3n) is 3.37. The first-order valence-corrected chi connectivity index (χ1v) is 7.23. The van der Waals surface area contributed by atoms with Crippen molar-refractivity contribution in [2.75, 3.05) is 6.54 Å². The van der Waals surface area contributed by atoms with Crippen LogP contribution in [0.2, 0.25) is 0 Å². The van der Waals surface area contributed by atoms with Crippen molar-refractivity contribution >= 4 is 0 Å². The zero-order valence-electron chi connectivity index (χ0n) is 12.1. The maximum absolute atomic E-state index is 13.3. The fraction of sp³-hybridized carbons (Fsp3) is 0.438. The van der Waals surface area contributed by atoms with Crippen LogP contribution in [-0.4, -0.2) is 16.1 Å². The van der Waals surface area contributed by atoms with Crippen molar-refractivity contribution in [1.29, 1.82) is 0 Å². The summed E-state index contributed by atoms with van der Waals surface area (Å²) in [6, 6.07) is 6.91. The standard InChI is InChI=1S/C16H22FN3/c1-3-8-18-15(16-19-9-10-20(16)4-2)12-13-6-5-7-14(17)11-13/h5-7,9-11,15,18H,3-4,8,12H2,1-2H3. The third-order valence-corrected chi connectivity index (χ3v) is 3.37. The van der Waals surface area contributed by atoms with E-state index in [-0.39, 0.29) is 11.9 Å². The number of nitrogens with one attached hydrogen (secondary N) is 1. The SMILES string of the molecule is CCCNC(Cc1cccc(F)c1)c1nccn1CC. The number of imidazole rings is 1. The number of benzene rings is 1. The maximum Gasteiger partial charge on any atom is 0.126 e. The second-order valence-corrected chi connectivity index (χ2v) is 4.91. The highest BCUT2D eigenvalue weighted by Gasteiger charge is 2.16. The molecule has 0 bridgehead atoms. The number of hydrogen-bond acceptors (Lipinski definition) is 2. The number of hydrogen-bond donors (Lipinski definition) is 1. The van der Waals surface area contributed by atoms with Gasteiger partial charge in [-0.25, -0.2) is 9.37 Å². The highest BCUT2D eigenvalue weighted by molar-refractivity contribution is 5.19. The first kappa shape index (κ1) is 14.7. The van der Waals surface area contributed by atoms with Gasteiger partial charge in [0.15, 0.2) is 0 Å². The maximum atomic E-state index is 13.3. The highest BCUT2D eigenvalue weighted by atomic mass is 19.1. The fourth-order valence-corrected chi connectivity index (χ4v) is 2.37. The van der Waals surface area contributed by atoms with E-state index in [2.05, 4.69) is 28.7 Å². The monoisotopic (exact) mass is 275 g/mol. The number of aromatic nitrogens is 2. The summed E-state index contributed by atoms with van der Waals surface area (Å²) in [6.45, 7) is 6.06. The summed E-state index contributed by atoms with van der Waals surface area (Å²) >= 11 is 0. The smallest absolute Gasteiger partial charge is 0.126 e. The van der Waals surface area contributed by atoms with Gasteiger partial charge >= 0.3 is 0 Å². The van der Waals surface area contributed by atoms with E-state index in [0.717, 1.165) is 37.3 Å². The molecule has 0 aliphatic rings. The van der Waals surface area contributed by atoms with E-state index in [0.29, 0.717) is 0 Å². The summed E-state index contributed by atoms with van der Waals surface area (Å²) in [4.78, 5) is 4.47. The normalized spacial score (nSPS) is 12.6. The van der Waals surface area contributed by atoms with Crippen molar-refractivity contribution in [3.63, 3.8) is 0 Å². The summed E-state index contributed by atoms with van der Waals surface area (Å²) < 4.78 is 15.4. The molecule has 1 aromatic heterocycles. The molecule has 1 heterocycles. The first-order valence-electron chi connectivity index (χ1n) is 7.23. The van der Waals surface area contributed by atoms with E-state index < -0.39 is 0 Å². The minimum Gasteiger partial charge on any atom is -0.334 e. The van der Waals surface area contributed by atoms with Gasteiger partial charge in [0.1, 0.15) is 11.6 Å². The van der Waals surface area contributed by atoms with Gasteiger partial charge in [0.05, 0.1) is 6.04 Å². The van der Waals surface area contributed by atoms with Gasteiger partial charge < -0.3 is 9.88 Å². The molecule has 1 N–H and O–H groups in total. The number of aryl methyl sites for hydroxylation is 1. The van der Waals surface area contributed by atoms with E-state index in [1.165, 1.54) is 6.07 Å². The molecule has 0 saturated carbocycles. The van der Waals surface area contributed by atoms with Crippen molar-refractivity contribution in [2.45, 2.75) is 39.3 Å². The molecule has 0 spiro atoms. The Morgan fingerprint density at radius 2 is 2.20 bits per heavy atom. The lowest BCUT2D eigenvalue weighted by Gasteiger charge is -2.19. The van der Waals surface area contributed by atoms with E-state index in [4.69, 9.17) is 0 Å². The summed E-state index contributed by atoms with van der Waals surface area (Å²) in [5.74, 6) is 0.834. The molecule has 0 saturated heterocycles. The largest absolute Gasteiger partial charge is 0.334 e. The molecule has 1 aromatic carbocycles. The van der Waals surface area contributed by atoms with Crippen LogP contribution in [-0.2, 0) is 13.0 Å². The van der Waals surface area contributed by atoms with Crippen molar-refractivity contribution in [1.82, 2.24) is 14.9 Å². The van der Waals surface area contributed by atoms with Crippen molar-refractivity contribution in [2.24, 2.45) is 0 Å². The van der Waals surface area contributed by atoms with Crippen LogP contribution in [0.25, 0.3) is 0 Å². The van der Waals surface area contributed by atoms with Crippen molar-refractivity contribution in [3.8, 4) is 0 Å². The molecule has 0 aliphatic heterocycles. The summed E-state index contributed by atoms with van der Waals surface area (Å²) in [5.41, 5.74) is 0.990. The van der Waals surface area contributed by atoms with Crippen LogP contribution in [0.5, 0.6) is 0 Å². The van der Waals surface area contributed by atoms with E-state index in [9.17, 15) is 4.39 Å². The highest BCUT2D eigenvalue weighted by Crippen LogP contribution is 2.18. The van der Waals surface area contributed by atoms with E-state index in [1.54, 1.807) is 12.1 Å².